The fourth-order valence-corrected chi connectivity index (χ4v) is 3.23. The van der Waals surface area contributed by atoms with Gasteiger partial charge in [0.25, 0.3) is 0 Å². The minimum absolute atomic E-state index is 0.615. The van der Waals surface area contributed by atoms with Crippen molar-refractivity contribution in [3.05, 3.63) is 42.1 Å². The van der Waals surface area contributed by atoms with Gasteiger partial charge in [-0.05, 0) is 12.3 Å². The highest BCUT2D eigenvalue weighted by Crippen LogP contribution is 2.31. The smallest absolute Gasteiger partial charge is 0.188 e. The van der Waals surface area contributed by atoms with Crippen LogP contribution in [0.1, 0.15) is 10.4 Å². The van der Waals surface area contributed by atoms with E-state index in [4.69, 9.17) is 0 Å². The molecule has 23 heavy (non-hydrogen) atoms. The zero-order valence-corrected chi connectivity index (χ0v) is 14.2. The van der Waals surface area contributed by atoms with Gasteiger partial charge in [-0.1, -0.05) is 47.4 Å². The van der Waals surface area contributed by atoms with Crippen LogP contribution in [0.2, 0.25) is 0 Å². The van der Waals surface area contributed by atoms with E-state index in [1.807, 2.05) is 37.6 Å². The molecule has 5 nitrogen and oxygen atoms in total. The minimum Gasteiger partial charge on any atom is -0.365 e. The molecule has 0 aliphatic rings. The molecule has 0 radical (unpaired) electrons. The van der Waals surface area contributed by atoms with Gasteiger partial charge in [-0.25, -0.2) is 15.0 Å². The van der Waals surface area contributed by atoms with E-state index in [1.165, 1.54) is 23.1 Å². The number of aromatic nitrogens is 3. The number of carbonyl (C=O) groups excluding carboxylic acids is 1. The highest BCUT2D eigenvalue weighted by atomic mass is 32.2. The van der Waals surface area contributed by atoms with Crippen molar-refractivity contribution in [3.63, 3.8) is 0 Å². The largest absolute Gasteiger partial charge is 0.365 e. The van der Waals surface area contributed by atoms with Gasteiger partial charge >= 0.3 is 0 Å². The van der Waals surface area contributed by atoms with Crippen LogP contribution in [0, 0.1) is 0 Å². The third kappa shape index (κ3) is 3.25. The molecule has 2 aromatic heterocycles. The van der Waals surface area contributed by atoms with Crippen LogP contribution >= 0.6 is 23.1 Å². The van der Waals surface area contributed by atoms with Crippen LogP contribution in [0.3, 0.4) is 0 Å². The Bertz CT molecular complexity index is 848. The molecule has 0 bridgehead atoms. The summed E-state index contributed by atoms with van der Waals surface area (Å²) in [7, 11) is 1.83. The highest BCUT2D eigenvalue weighted by Gasteiger charge is 2.12. The number of carbonyl (C=O) groups is 1. The molecule has 7 heteroatoms. The molecule has 0 unspecified atom stereocenters. The lowest BCUT2D eigenvalue weighted by Crippen LogP contribution is -1.95. The van der Waals surface area contributed by atoms with Crippen molar-refractivity contribution in [3.8, 4) is 21.8 Å². The summed E-state index contributed by atoms with van der Waals surface area (Å²) in [6, 6.07) is 9.32. The van der Waals surface area contributed by atoms with Crippen LogP contribution in [0.5, 0.6) is 0 Å². The monoisotopic (exact) mass is 342 g/mol. The number of thiazole rings is 1. The number of aldehydes is 1. The Morgan fingerprint density at radius 2 is 2.00 bits per heavy atom. The molecule has 116 valence electrons. The Labute approximate surface area is 142 Å². The lowest BCUT2D eigenvalue weighted by atomic mass is 10.0. The maximum absolute atomic E-state index is 11.3. The number of hydrogen-bond donors (Lipinski definition) is 1. The fraction of sp³-hybridized carbons (Fsp3) is 0.125. The van der Waals surface area contributed by atoms with Crippen molar-refractivity contribution in [1.29, 1.82) is 0 Å². The summed E-state index contributed by atoms with van der Waals surface area (Å²) in [5.74, 6) is 0. The number of benzene rings is 1. The van der Waals surface area contributed by atoms with Crippen molar-refractivity contribution in [1.82, 2.24) is 15.0 Å². The van der Waals surface area contributed by atoms with Crippen molar-refractivity contribution >= 4 is 34.5 Å². The maximum atomic E-state index is 11.3. The Morgan fingerprint density at radius 3 is 2.70 bits per heavy atom. The van der Waals surface area contributed by atoms with E-state index in [0.29, 0.717) is 10.7 Å². The van der Waals surface area contributed by atoms with Crippen molar-refractivity contribution in [2.24, 2.45) is 0 Å². The second-order valence-corrected chi connectivity index (χ2v) is 6.41. The molecule has 0 amide bonds. The van der Waals surface area contributed by atoms with Crippen molar-refractivity contribution in [2.75, 3.05) is 18.6 Å². The summed E-state index contributed by atoms with van der Waals surface area (Å²) < 4.78 is 0. The molecule has 3 rings (SSSR count). The highest BCUT2D eigenvalue weighted by molar-refractivity contribution is 7.98. The molecule has 0 saturated heterocycles. The van der Waals surface area contributed by atoms with Gasteiger partial charge in [0.15, 0.2) is 16.6 Å². The molecule has 0 saturated carbocycles. The van der Waals surface area contributed by atoms with Gasteiger partial charge in [-0.2, -0.15) is 0 Å². The number of hydrogen-bond acceptors (Lipinski definition) is 7. The normalized spacial score (nSPS) is 10.5. The second-order valence-electron chi connectivity index (χ2n) is 4.61. The summed E-state index contributed by atoms with van der Waals surface area (Å²) in [6.07, 6.45) is 4.57. The fourth-order valence-electron chi connectivity index (χ4n) is 2.12. The standard InChI is InChI=1S/C16H14N4OS2/c1-17-15-18-8-14(23-15)13-7-12(19-16(20-13)22-2)11-6-4-3-5-10(11)9-21/h3-9H,1-2H3,(H,17,18). The first kappa shape index (κ1) is 15.6. The lowest BCUT2D eigenvalue weighted by molar-refractivity contribution is 0.112. The zero-order chi connectivity index (χ0) is 16.2. The van der Waals surface area contributed by atoms with Gasteiger partial charge in [0.1, 0.15) is 0 Å². The van der Waals surface area contributed by atoms with E-state index >= 15 is 0 Å². The van der Waals surface area contributed by atoms with Crippen molar-refractivity contribution in [2.45, 2.75) is 5.16 Å². The first-order valence-electron chi connectivity index (χ1n) is 6.86. The van der Waals surface area contributed by atoms with Gasteiger partial charge in [0.2, 0.25) is 0 Å². The molecule has 3 aromatic rings. The number of rotatable bonds is 5. The molecule has 1 N–H and O–H groups in total. The van der Waals surface area contributed by atoms with E-state index in [1.54, 1.807) is 12.3 Å². The SMILES string of the molecule is CNc1ncc(-c2cc(-c3ccccc3C=O)nc(SC)n2)s1. The first-order chi connectivity index (χ1) is 11.2. The van der Waals surface area contributed by atoms with E-state index in [2.05, 4.69) is 20.3 Å². The Kier molecular flexibility index (Phi) is 4.68. The number of nitrogens with zero attached hydrogens (tertiary/aromatic N) is 3. The predicted octanol–water partition coefficient (Wildman–Crippen LogP) is 3.84. The van der Waals surface area contributed by atoms with E-state index in [-0.39, 0.29) is 0 Å². The molecule has 1 aromatic carbocycles. The molecule has 0 aliphatic carbocycles. The van der Waals surface area contributed by atoms with Crippen LogP contribution < -0.4 is 5.32 Å². The molecular formula is C16H14N4OS2. The molecule has 0 atom stereocenters. The maximum Gasteiger partial charge on any atom is 0.188 e. The zero-order valence-electron chi connectivity index (χ0n) is 12.6. The molecule has 2 heterocycles. The summed E-state index contributed by atoms with van der Waals surface area (Å²) >= 11 is 3.00. The third-order valence-corrected chi connectivity index (χ3v) is 4.81. The van der Waals surface area contributed by atoms with Crippen LogP contribution in [0.25, 0.3) is 21.8 Å². The number of thioether (sulfide) groups is 1. The first-order valence-corrected chi connectivity index (χ1v) is 8.91. The van der Waals surface area contributed by atoms with E-state index < -0.39 is 0 Å². The summed E-state index contributed by atoms with van der Waals surface area (Å²) in [5, 5.41) is 4.52. The minimum atomic E-state index is 0.615. The van der Waals surface area contributed by atoms with Gasteiger partial charge in [-0.15, -0.1) is 0 Å². The molecule has 0 fully saturated rings. The van der Waals surface area contributed by atoms with E-state index in [0.717, 1.165) is 33.2 Å². The van der Waals surface area contributed by atoms with Gasteiger partial charge in [0.05, 0.1) is 16.3 Å². The average molecular weight is 342 g/mol. The number of nitrogens with one attached hydrogen (secondary N) is 1. The second kappa shape index (κ2) is 6.89. The van der Waals surface area contributed by atoms with Crippen LogP contribution in [0.4, 0.5) is 5.13 Å². The summed E-state index contributed by atoms with van der Waals surface area (Å²) in [5.41, 5.74) is 2.96. The topological polar surface area (TPSA) is 67.8 Å². The Morgan fingerprint density at radius 1 is 1.22 bits per heavy atom. The summed E-state index contributed by atoms with van der Waals surface area (Å²) in [4.78, 5) is 25.6. The third-order valence-electron chi connectivity index (χ3n) is 3.22. The average Bonchev–Trinajstić information content (AvgIpc) is 3.10. The van der Waals surface area contributed by atoms with Gasteiger partial charge < -0.3 is 5.32 Å². The molecular weight excluding hydrogens is 328 g/mol. The Balaban J connectivity index is 2.14. The van der Waals surface area contributed by atoms with Crippen LogP contribution in [-0.2, 0) is 0 Å². The Hall–Kier alpha value is -2.25. The van der Waals surface area contributed by atoms with Crippen molar-refractivity contribution < 1.29 is 4.79 Å². The van der Waals surface area contributed by atoms with Gasteiger partial charge in [-0.3, -0.25) is 4.79 Å². The lowest BCUT2D eigenvalue weighted by Gasteiger charge is -2.07. The summed E-state index contributed by atoms with van der Waals surface area (Å²) in [6.45, 7) is 0. The molecule has 0 spiro atoms. The number of anilines is 1. The molecule has 0 aliphatic heterocycles. The van der Waals surface area contributed by atoms with Gasteiger partial charge in [0, 0.05) is 24.4 Å². The van der Waals surface area contributed by atoms with Crippen LogP contribution in [0.15, 0.2) is 41.7 Å². The van der Waals surface area contributed by atoms with Crippen LogP contribution in [-0.4, -0.2) is 34.5 Å². The van der Waals surface area contributed by atoms with E-state index in [9.17, 15) is 4.79 Å². The predicted molar refractivity (Wildman–Crippen MR) is 95.3 cm³/mol. The quantitative estimate of drug-likeness (QED) is 0.432.